The number of methoxy groups -OCH3 is 2. The van der Waals surface area contributed by atoms with Crippen LogP contribution in [0.4, 0.5) is 4.39 Å². The molecule has 0 bridgehead atoms. The van der Waals surface area contributed by atoms with Gasteiger partial charge in [-0.25, -0.2) is 9.18 Å². The summed E-state index contributed by atoms with van der Waals surface area (Å²) in [5.74, 6) is 0.148. The Balaban J connectivity index is 0.000000714. The summed E-state index contributed by atoms with van der Waals surface area (Å²) in [6.45, 7) is 3.56. The number of benzene rings is 1. The van der Waals surface area contributed by atoms with Crippen LogP contribution in [-0.2, 0) is 29.0 Å². The number of likely N-dealkylation sites (tertiary alicyclic amines) is 1. The van der Waals surface area contributed by atoms with Gasteiger partial charge in [0.15, 0.2) is 0 Å². The summed E-state index contributed by atoms with van der Waals surface area (Å²) in [6, 6.07) is 4.25. The van der Waals surface area contributed by atoms with E-state index >= 15 is 0 Å². The lowest BCUT2D eigenvalue weighted by molar-refractivity contribution is -0.127. The number of hydrogen-bond acceptors (Lipinski definition) is 9. The van der Waals surface area contributed by atoms with Gasteiger partial charge in [0.1, 0.15) is 21.4 Å². The zero-order chi connectivity index (χ0) is 29.5. The number of aliphatic hydroxyl groups is 1. The molecule has 4 heterocycles. The number of thiophene rings is 1. The minimum Gasteiger partial charge on any atom is -0.496 e. The molecule has 0 saturated carbocycles. The molecule has 1 N–H and O–H groups in total. The molecule has 0 unspecified atom stereocenters. The van der Waals surface area contributed by atoms with Gasteiger partial charge in [-0.15, -0.1) is 4.80 Å². The van der Waals surface area contributed by atoms with Gasteiger partial charge in [0, 0.05) is 45.3 Å². The van der Waals surface area contributed by atoms with Gasteiger partial charge < -0.3 is 19.5 Å². The lowest BCUT2D eigenvalue weighted by Gasteiger charge is -2.17. The molecule has 1 saturated heterocycles. The average molecular weight is 589 g/mol. The van der Waals surface area contributed by atoms with Crippen LogP contribution in [0.5, 0.6) is 5.75 Å². The minimum atomic E-state index is -0.476. The van der Waals surface area contributed by atoms with Gasteiger partial charge >= 0.3 is 5.69 Å². The highest BCUT2D eigenvalue weighted by Crippen LogP contribution is 2.30. The van der Waals surface area contributed by atoms with Gasteiger partial charge in [-0.3, -0.25) is 18.7 Å². The fourth-order valence-electron chi connectivity index (χ4n) is 4.72. The highest BCUT2D eigenvalue weighted by molar-refractivity contribution is 7.21. The lowest BCUT2D eigenvalue weighted by atomic mass is 10.1. The number of aliphatic hydroxyl groups excluding tert-OH is 1. The topological polar surface area (TPSA) is 134 Å². The number of nitrogens with zero attached hydrogens (tertiary/aromatic N) is 6. The third-order valence-corrected chi connectivity index (χ3v) is 8.06. The first kappa shape index (κ1) is 30.1. The van der Waals surface area contributed by atoms with Gasteiger partial charge in [0.25, 0.3) is 5.56 Å². The van der Waals surface area contributed by atoms with Crippen LogP contribution in [0.25, 0.3) is 15.2 Å². The number of rotatable bonds is 10. The fourth-order valence-corrected chi connectivity index (χ4v) is 5.95. The molecule has 4 aromatic rings. The van der Waals surface area contributed by atoms with Gasteiger partial charge in [-0.1, -0.05) is 11.3 Å². The summed E-state index contributed by atoms with van der Waals surface area (Å²) in [4.78, 5) is 42.9. The molecule has 12 nitrogen and oxygen atoms in total. The van der Waals surface area contributed by atoms with E-state index in [2.05, 4.69) is 14.9 Å². The van der Waals surface area contributed by atoms with Crippen molar-refractivity contribution in [2.75, 3.05) is 40.5 Å². The van der Waals surface area contributed by atoms with Gasteiger partial charge in [-0.2, -0.15) is 10.2 Å². The Labute approximate surface area is 239 Å². The molecule has 1 fully saturated rings. The standard InChI is InChI=1S/C24H25FN6O4S.C3H8O2/c1-15-20-21(33)29(13-12-28-10-3-4-19(28)32)24(34)30(23(20)36-22(15)31-26-8-9-27-31)11-7-16-14-17(25)5-6-18(16)35-2;1-5-3-2-4/h5-6,8-9,14H,3-4,7,10-13H2,1-2H3;4H,2-3H2,1H3. The van der Waals surface area contributed by atoms with Crippen molar-refractivity contribution >= 4 is 27.5 Å². The Hall–Kier alpha value is -3.88. The first-order valence-corrected chi connectivity index (χ1v) is 14.0. The average Bonchev–Trinajstić information content (AvgIpc) is 3.70. The summed E-state index contributed by atoms with van der Waals surface area (Å²) in [5.41, 5.74) is 0.392. The van der Waals surface area contributed by atoms with Gasteiger partial charge in [0.05, 0.1) is 38.1 Å². The quantitative estimate of drug-likeness (QED) is 0.296. The second-order valence-electron chi connectivity index (χ2n) is 9.33. The smallest absolute Gasteiger partial charge is 0.332 e. The predicted octanol–water partition coefficient (Wildman–Crippen LogP) is 1.75. The van der Waals surface area contributed by atoms with E-state index in [0.717, 1.165) is 6.42 Å². The van der Waals surface area contributed by atoms with Crippen molar-refractivity contribution in [3.8, 4) is 10.8 Å². The molecule has 0 atom stereocenters. The maximum absolute atomic E-state index is 13.9. The molecule has 0 radical (unpaired) electrons. The van der Waals surface area contributed by atoms with Crippen molar-refractivity contribution in [2.45, 2.75) is 39.3 Å². The Morgan fingerprint density at radius 3 is 2.44 bits per heavy atom. The van der Waals surface area contributed by atoms with Crippen molar-refractivity contribution in [3.05, 3.63) is 68.4 Å². The zero-order valence-corrected chi connectivity index (χ0v) is 24.0. The molecule has 1 amide bonds. The van der Waals surface area contributed by atoms with E-state index in [9.17, 15) is 18.8 Å². The number of ether oxygens (including phenoxy) is 2. The maximum atomic E-state index is 13.9. The van der Waals surface area contributed by atoms with E-state index in [-0.39, 0.29) is 32.1 Å². The Morgan fingerprint density at radius 1 is 1.07 bits per heavy atom. The number of hydrogen-bond donors (Lipinski definition) is 1. The van der Waals surface area contributed by atoms with Crippen LogP contribution in [0.15, 0.2) is 40.2 Å². The first-order chi connectivity index (χ1) is 19.8. The Kier molecular flexibility index (Phi) is 10.0. The zero-order valence-electron chi connectivity index (χ0n) is 23.2. The SMILES string of the molecule is COCCO.COc1ccc(F)cc1CCn1c(=O)n(CCN2CCCC2=O)c(=O)c2c(C)c(-n3nccn3)sc21. The van der Waals surface area contributed by atoms with Crippen LogP contribution < -0.4 is 16.0 Å². The molecule has 14 heteroatoms. The Morgan fingerprint density at radius 2 is 1.83 bits per heavy atom. The van der Waals surface area contributed by atoms with Crippen LogP contribution in [0, 0.1) is 12.7 Å². The number of aromatic nitrogens is 5. The van der Waals surface area contributed by atoms with E-state index in [1.54, 1.807) is 37.4 Å². The highest BCUT2D eigenvalue weighted by Gasteiger charge is 2.24. The van der Waals surface area contributed by atoms with Crippen molar-refractivity contribution < 1.29 is 23.8 Å². The summed E-state index contributed by atoms with van der Waals surface area (Å²) in [7, 11) is 3.06. The van der Waals surface area contributed by atoms with E-state index in [4.69, 9.17) is 9.84 Å². The number of aryl methyl sites for hydroxylation is 3. The van der Waals surface area contributed by atoms with Crippen LogP contribution in [0.2, 0.25) is 0 Å². The van der Waals surface area contributed by atoms with Crippen LogP contribution >= 0.6 is 11.3 Å². The van der Waals surface area contributed by atoms with Crippen molar-refractivity contribution in [1.29, 1.82) is 0 Å². The molecule has 41 heavy (non-hydrogen) atoms. The van der Waals surface area contributed by atoms with Crippen LogP contribution in [0.3, 0.4) is 0 Å². The summed E-state index contributed by atoms with van der Waals surface area (Å²) >= 11 is 1.26. The number of fused-ring (bicyclic) bond motifs is 1. The van der Waals surface area contributed by atoms with Crippen molar-refractivity contribution in [3.63, 3.8) is 0 Å². The number of halogens is 1. The fraction of sp³-hybridized carbons (Fsp3) is 0.444. The van der Waals surface area contributed by atoms with E-state index < -0.39 is 17.1 Å². The molecule has 1 aliphatic heterocycles. The predicted molar refractivity (Wildman–Crippen MR) is 151 cm³/mol. The van der Waals surface area contributed by atoms with Crippen molar-refractivity contribution in [2.24, 2.45) is 0 Å². The molecule has 1 aliphatic rings. The second kappa shape index (κ2) is 13.7. The van der Waals surface area contributed by atoms with Gasteiger partial charge in [0.2, 0.25) is 5.91 Å². The summed E-state index contributed by atoms with van der Waals surface area (Å²) < 4.78 is 26.5. The van der Waals surface area contributed by atoms with Crippen molar-refractivity contribution in [1.82, 2.24) is 29.0 Å². The third kappa shape index (κ3) is 6.55. The normalized spacial score (nSPS) is 13.1. The number of amides is 1. The van der Waals surface area contributed by atoms with Crippen LogP contribution in [0.1, 0.15) is 24.0 Å². The molecule has 5 rings (SSSR count). The maximum Gasteiger partial charge on any atom is 0.332 e. The highest BCUT2D eigenvalue weighted by atomic mass is 32.1. The summed E-state index contributed by atoms with van der Waals surface area (Å²) in [5, 5.41) is 17.4. The monoisotopic (exact) mass is 588 g/mol. The molecule has 3 aromatic heterocycles. The summed E-state index contributed by atoms with van der Waals surface area (Å²) in [6.07, 6.45) is 4.65. The van der Waals surface area contributed by atoms with E-state index in [1.165, 1.54) is 44.5 Å². The van der Waals surface area contributed by atoms with Gasteiger partial charge in [-0.05, 0) is 43.5 Å². The third-order valence-electron chi connectivity index (χ3n) is 6.78. The van der Waals surface area contributed by atoms with E-state index in [0.29, 0.717) is 58.1 Å². The molecule has 1 aromatic carbocycles. The lowest BCUT2D eigenvalue weighted by Crippen LogP contribution is -2.43. The molecule has 0 spiro atoms. The minimum absolute atomic E-state index is 0.0291. The Bertz CT molecular complexity index is 1610. The number of carbonyl (C=O) groups excluding carboxylic acids is 1. The first-order valence-electron chi connectivity index (χ1n) is 13.1. The second-order valence-corrected chi connectivity index (χ2v) is 10.3. The number of carbonyl (C=O) groups is 1. The van der Waals surface area contributed by atoms with Crippen LogP contribution in [-0.4, -0.2) is 80.6 Å². The molecule has 0 aliphatic carbocycles. The van der Waals surface area contributed by atoms with E-state index in [1.807, 2.05) is 0 Å². The largest absolute Gasteiger partial charge is 0.496 e. The molecule has 220 valence electrons. The molecular weight excluding hydrogens is 555 g/mol. The molecular formula is C27H33FN6O6S.